The lowest BCUT2D eigenvalue weighted by atomic mass is 10.0. The van der Waals surface area contributed by atoms with Gasteiger partial charge in [-0.15, -0.1) is 0 Å². The quantitative estimate of drug-likeness (QED) is 0.687. The van der Waals surface area contributed by atoms with Gasteiger partial charge in [0, 0.05) is 11.9 Å². The molecule has 0 N–H and O–H groups in total. The zero-order chi connectivity index (χ0) is 9.68. The van der Waals surface area contributed by atoms with Crippen molar-refractivity contribution < 1.29 is 0 Å². The summed E-state index contributed by atoms with van der Waals surface area (Å²) in [6.07, 6.45) is 8.23. The van der Waals surface area contributed by atoms with Crippen LogP contribution < -0.4 is 0 Å². The maximum Gasteiger partial charge on any atom is 0.0475 e. The Morgan fingerprint density at radius 1 is 1.31 bits per heavy atom. The van der Waals surface area contributed by atoms with Gasteiger partial charge in [0.1, 0.15) is 0 Å². The number of hydrogen-bond donors (Lipinski definition) is 0. The van der Waals surface area contributed by atoms with Crippen LogP contribution in [0.5, 0.6) is 0 Å². The number of hydrogen-bond acceptors (Lipinski definition) is 1. The number of rotatable bonds is 3. The first-order valence-electron chi connectivity index (χ1n) is 4.92. The van der Waals surface area contributed by atoms with E-state index in [4.69, 9.17) is 0 Å². The van der Waals surface area contributed by atoms with Crippen LogP contribution in [0.2, 0.25) is 0 Å². The second kappa shape index (κ2) is 4.80. The van der Waals surface area contributed by atoms with Gasteiger partial charge in [-0.25, -0.2) is 0 Å². The lowest BCUT2D eigenvalue weighted by molar-refractivity contribution is 0.996. The van der Waals surface area contributed by atoms with Gasteiger partial charge in [0.25, 0.3) is 0 Å². The van der Waals surface area contributed by atoms with Crippen molar-refractivity contribution in [2.45, 2.75) is 33.6 Å². The lowest BCUT2D eigenvalue weighted by Crippen LogP contribution is -1.96. The average molecular weight is 175 g/mol. The predicted molar refractivity (Wildman–Crippen MR) is 57.7 cm³/mol. The zero-order valence-corrected chi connectivity index (χ0v) is 8.67. The summed E-state index contributed by atoms with van der Waals surface area (Å²) >= 11 is 0. The smallest absolute Gasteiger partial charge is 0.0475 e. The first kappa shape index (κ1) is 9.97. The molecule has 13 heavy (non-hydrogen) atoms. The van der Waals surface area contributed by atoms with Crippen molar-refractivity contribution >= 4 is 6.08 Å². The Bertz CT molecular complexity index is 278. The van der Waals surface area contributed by atoms with E-state index in [-0.39, 0.29) is 0 Å². The van der Waals surface area contributed by atoms with Gasteiger partial charge in [-0.1, -0.05) is 26.0 Å². The van der Waals surface area contributed by atoms with E-state index in [9.17, 15) is 0 Å². The molecule has 0 aliphatic rings. The van der Waals surface area contributed by atoms with Crippen LogP contribution in [0, 0.1) is 0 Å². The van der Waals surface area contributed by atoms with Crippen LogP contribution in [-0.4, -0.2) is 4.98 Å². The number of aryl methyl sites for hydroxylation is 2. The van der Waals surface area contributed by atoms with Crippen LogP contribution >= 0.6 is 0 Å². The molecule has 0 amide bonds. The van der Waals surface area contributed by atoms with Crippen molar-refractivity contribution in [2.75, 3.05) is 0 Å². The minimum absolute atomic E-state index is 1.01. The fraction of sp³-hybridized carbons (Fsp3) is 0.417. The summed E-state index contributed by atoms with van der Waals surface area (Å²) < 4.78 is 0. The van der Waals surface area contributed by atoms with E-state index in [0.29, 0.717) is 0 Å². The van der Waals surface area contributed by atoms with Crippen LogP contribution in [0.1, 0.15) is 37.6 Å². The average Bonchev–Trinajstić information content (AvgIpc) is 2.18. The maximum absolute atomic E-state index is 4.37. The van der Waals surface area contributed by atoms with Crippen LogP contribution in [0.3, 0.4) is 0 Å². The van der Waals surface area contributed by atoms with Gasteiger partial charge in [-0.3, -0.25) is 4.98 Å². The van der Waals surface area contributed by atoms with Crippen LogP contribution in [0.25, 0.3) is 6.08 Å². The summed E-state index contributed by atoms with van der Waals surface area (Å²) in [5, 5.41) is 0. The van der Waals surface area contributed by atoms with Gasteiger partial charge in [-0.05, 0) is 37.0 Å². The third-order valence-corrected chi connectivity index (χ3v) is 2.21. The Balaban J connectivity index is 3.21. The summed E-state index contributed by atoms with van der Waals surface area (Å²) in [7, 11) is 0. The Kier molecular flexibility index (Phi) is 3.69. The Labute approximate surface area is 80.5 Å². The van der Waals surface area contributed by atoms with E-state index >= 15 is 0 Å². The molecule has 0 saturated carbocycles. The highest BCUT2D eigenvalue weighted by Crippen LogP contribution is 2.15. The van der Waals surface area contributed by atoms with Crippen LogP contribution in [0.4, 0.5) is 0 Å². The molecular formula is C12H17N. The van der Waals surface area contributed by atoms with Gasteiger partial charge in [0.2, 0.25) is 0 Å². The maximum atomic E-state index is 4.37. The molecule has 1 aromatic rings. The van der Waals surface area contributed by atoms with E-state index in [2.05, 4.69) is 37.0 Å². The van der Waals surface area contributed by atoms with Gasteiger partial charge >= 0.3 is 0 Å². The van der Waals surface area contributed by atoms with Crippen LogP contribution in [-0.2, 0) is 12.8 Å². The van der Waals surface area contributed by atoms with Gasteiger partial charge < -0.3 is 0 Å². The van der Waals surface area contributed by atoms with E-state index in [1.165, 1.54) is 16.8 Å². The molecule has 0 fully saturated rings. The third kappa shape index (κ3) is 2.18. The largest absolute Gasteiger partial charge is 0.261 e. The van der Waals surface area contributed by atoms with Crippen molar-refractivity contribution in [1.29, 1.82) is 0 Å². The molecule has 0 atom stereocenters. The summed E-state index contributed by atoms with van der Waals surface area (Å²) in [5.41, 5.74) is 3.91. The highest BCUT2D eigenvalue weighted by atomic mass is 14.7. The van der Waals surface area contributed by atoms with E-state index in [0.717, 1.165) is 12.8 Å². The topological polar surface area (TPSA) is 12.9 Å². The molecule has 0 aromatic carbocycles. The number of nitrogens with zero attached hydrogens (tertiary/aromatic N) is 1. The molecule has 0 spiro atoms. The van der Waals surface area contributed by atoms with Crippen molar-refractivity contribution in [3.05, 3.63) is 35.2 Å². The monoisotopic (exact) mass is 175 g/mol. The molecule has 0 unspecified atom stereocenters. The van der Waals surface area contributed by atoms with Gasteiger partial charge in [0.05, 0.1) is 0 Å². The second-order valence-corrected chi connectivity index (χ2v) is 3.04. The molecule has 1 heteroatoms. The normalized spacial score (nSPS) is 11.0. The third-order valence-electron chi connectivity index (χ3n) is 2.21. The van der Waals surface area contributed by atoms with E-state index in [1.807, 2.05) is 13.1 Å². The molecule has 1 aromatic heterocycles. The summed E-state index contributed by atoms with van der Waals surface area (Å²) in [5.74, 6) is 0. The van der Waals surface area contributed by atoms with Crippen molar-refractivity contribution in [1.82, 2.24) is 4.98 Å². The molecule has 0 aliphatic heterocycles. The fourth-order valence-corrected chi connectivity index (χ4v) is 1.52. The van der Waals surface area contributed by atoms with Gasteiger partial charge in [0.15, 0.2) is 0 Å². The first-order valence-corrected chi connectivity index (χ1v) is 4.92. The Morgan fingerprint density at radius 3 is 2.62 bits per heavy atom. The molecule has 70 valence electrons. The summed E-state index contributed by atoms with van der Waals surface area (Å²) in [6.45, 7) is 6.38. The van der Waals surface area contributed by atoms with Gasteiger partial charge in [-0.2, -0.15) is 0 Å². The number of pyridine rings is 1. The van der Waals surface area contributed by atoms with E-state index < -0.39 is 0 Å². The number of aromatic nitrogens is 1. The summed E-state index contributed by atoms with van der Waals surface area (Å²) in [4.78, 5) is 4.37. The summed E-state index contributed by atoms with van der Waals surface area (Å²) in [6, 6.07) is 2.11. The molecule has 0 bridgehead atoms. The minimum atomic E-state index is 1.01. The van der Waals surface area contributed by atoms with Crippen molar-refractivity contribution in [3.63, 3.8) is 0 Å². The van der Waals surface area contributed by atoms with Crippen molar-refractivity contribution in [3.8, 4) is 0 Å². The Morgan fingerprint density at radius 2 is 2.08 bits per heavy atom. The molecule has 0 aliphatic carbocycles. The molecule has 1 heterocycles. The highest BCUT2D eigenvalue weighted by molar-refractivity contribution is 5.55. The number of allylic oxidation sites excluding steroid dienone is 1. The SMILES string of the molecule is C/C=C\c1c(CC)ccnc1CC. The van der Waals surface area contributed by atoms with E-state index in [1.54, 1.807) is 0 Å². The molecule has 0 saturated heterocycles. The molecule has 0 radical (unpaired) electrons. The first-order chi connectivity index (χ1) is 6.33. The predicted octanol–water partition coefficient (Wildman–Crippen LogP) is 3.24. The highest BCUT2D eigenvalue weighted by Gasteiger charge is 2.02. The Hall–Kier alpha value is -1.11. The molecule has 1 nitrogen and oxygen atoms in total. The standard InChI is InChI=1S/C12H17N/c1-4-7-11-10(5-2)8-9-13-12(11)6-3/h4,7-9H,5-6H2,1-3H3/b7-4-. The minimum Gasteiger partial charge on any atom is -0.261 e. The zero-order valence-electron chi connectivity index (χ0n) is 8.67. The lowest BCUT2D eigenvalue weighted by Gasteiger charge is -2.07. The van der Waals surface area contributed by atoms with Crippen molar-refractivity contribution in [2.24, 2.45) is 0 Å². The fourth-order valence-electron chi connectivity index (χ4n) is 1.52. The molecule has 1 rings (SSSR count). The molecular weight excluding hydrogens is 158 g/mol. The van der Waals surface area contributed by atoms with Crippen LogP contribution in [0.15, 0.2) is 18.3 Å². The second-order valence-electron chi connectivity index (χ2n) is 3.04.